The number of amides is 1. The van der Waals surface area contributed by atoms with Gasteiger partial charge < -0.3 is 10.2 Å². The van der Waals surface area contributed by atoms with E-state index in [0.717, 1.165) is 49.1 Å². The molecule has 0 atom stereocenters. The fourth-order valence-electron chi connectivity index (χ4n) is 3.73. The topological polar surface area (TPSA) is 80.1 Å². The van der Waals surface area contributed by atoms with Crippen molar-refractivity contribution in [2.45, 2.75) is 63.1 Å². The summed E-state index contributed by atoms with van der Waals surface area (Å²) in [5.41, 5.74) is 1.36. The van der Waals surface area contributed by atoms with Gasteiger partial charge in [-0.15, -0.1) is 10.2 Å². The first-order valence-electron chi connectivity index (χ1n) is 10.9. The van der Waals surface area contributed by atoms with Crippen LogP contribution in [0.4, 0.5) is 11.6 Å². The highest BCUT2D eigenvalue weighted by molar-refractivity contribution is 7.99. The molecule has 7 nitrogen and oxygen atoms in total. The Morgan fingerprint density at radius 3 is 2.50 bits per heavy atom. The van der Waals surface area contributed by atoms with Crippen LogP contribution in [0.3, 0.4) is 0 Å². The standard InChI is InChI=1S/C22H29N5O2S/c1-2-6-20(29)23-17-9-7-16(8-10-17)19(28)15-30-22-25-24-21(27(22)18-11-12-18)26-13-4-3-5-14-26/h7-10,18H,2-6,11-15H2,1H3,(H,23,29). The molecule has 1 aromatic heterocycles. The van der Waals surface area contributed by atoms with Gasteiger partial charge in [0.15, 0.2) is 10.9 Å². The van der Waals surface area contributed by atoms with Gasteiger partial charge in [0, 0.05) is 36.8 Å². The first-order chi connectivity index (χ1) is 14.7. The average Bonchev–Trinajstić information content (AvgIpc) is 3.52. The van der Waals surface area contributed by atoms with Gasteiger partial charge in [-0.2, -0.15) is 0 Å². The van der Waals surface area contributed by atoms with Crippen LogP contribution in [0.1, 0.15) is 68.3 Å². The molecule has 2 aliphatic rings. The maximum Gasteiger partial charge on any atom is 0.228 e. The van der Waals surface area contributed by atoms with Crippen LogP contribution < -0.4 is 10.2 Å². The minimum absolute atomic E-state index is 0.00365. The van der Waals surface area contributed by atoms with Gasteiger partial charge in [-0.3, -0.25) is 14.2 Å². The van der Waals surface area contributed by atoms with Crippen molar-refractivity contribution in [1.29, 1.82) is 0 Å². The van der Waals surface area contributed by atoms with E-state index in [-0.39, 0.29) is 11.7 Å². The van der Waals surface area contributed by atoms with Crippen LogP contribution >= 0.6 is 11.8 Å². The number of ketones is 1. The summed E-state index contributed by atoms with van der Waals surface area (Å²) in [6.45, 7) is 4.05. The number of benzene rings is 1. The predicted octanol–water partition coefficient (Wildman–Crippen LogP) is 4.32. The Bertz CT molecular complexity index is 885. The van der Waals surface area contributed by atoms with Crippen LogP contribution in [-0.2, 0) is 4.79 Å². The summed E-state index contributed by atoms with van der Waals surface area (Å²) in [5.74, 6) is 1.35. The van der Waals surface area contributed by atoms with Gasteiger partial charge in [-0.1, -0.05) is 18.7 Å². The average molecular weight is 428 g/mol. The van der Waals surface area contributed by atoms with Crippen LogP contribution in [0, 0.1) is 0 Å². The van der Waals surface area contributed by atoms with Gasteiger partial charge in [0.1, 0.15) is 0 Å². The first kappa shape index (κ1) is 20.9. The van der Waals surface area contributed by atoms with Crippen LogP contribution in [0.2, 0.25) is 0 Å². The van der Waals surface area contributed by atoms with Crippen LogP contribution in [0.25, 0.3) is 0 Å². The van der Waals surface area contributed by atoms with Crippen molar-refractivity contribution in [3.05, 3.63) is 29.8 Å². The summed E-state index contributed by atoms with van der Waals surface area (Å²) in [7, 11) is 0. The highest BCUT2D eigenvalue weighted by Gasteiger charge is 2.32. The number of Topliss-reactive ketones (excluding diaryl/α,β-unsaturated/α-hetero) is 1. The lowest BCUT2D eigenvalue weighted by molar-refractivity contribution is -0.116. The van der Waals surface area contributed by atoms with Crippen LogP contribution in [-0.4, -0.2) is 45.3 Å². The quantitative estimate of drug-likeness (QED) is 0.474. The Morgan fingerprint density at radius 2 is 1.83 bits per heavy atom. The molecule has 1 amide bonds. The number of piperidine rings is 1. The summed E-state index contributed by atoms with van der Waals surface area (Å²) in [6.07, 6.45) is 7.31. The maximum atomic E-state index is 12.7. The molecule has 1 aromatic carbocycles. The van der Waals surface area contributed by atoms with Crippen molar-refractivity contribution in [1.82, 2.24) is 14.8 Å². The van der Waals surface area contributed by atoms with E-state index in [4.69, 9.17) is 0 Å². The lowest BCUT2D eigenvalue weighted by Gasteiger charge is -2.27. The third-order valence-corrected chi connectivity index (χ3v) is 6.44. The molecule has 1 N–H and O–H groups in total. The zero-order valence-electron chi connectivity index (χ0n) is 17.5. The molecule has 2 heterocycles. The molecule has 0 unspecified atom stereocenters. The molecular weight excluding hydrogens is 398 g/mol. The molecule has 2 aromatic rings. The second-order valence-electron chi connectivity index (χ2n) is 8.02. The third kappa shape index (κ3) is 5.03. The Hall–Kier alpha value is -2.35. The van der Waals surface area contributed by atoms with E-state index >= 15 is 0 Å². The molecule has 1 saturated heterocycles. The molecule has 0 bridgehead atoms. The number of nitrogens with zero attached hydrogens (tertiary/aromatic N) is 4. The van der Waals surface area contributed by atoms with E-state index < -0.39 is 0 Å². The summed E-state index contributed by atoms with van der Waals surface area (Å²) in [4.78, 5) is 26.7. The second kappa shape index (κ2) is 9.64. The summed E-state index contributed by atoms with van der Waals surface area (Å²) >= 11 is 1.47. The van der Waals surface area contributed by atoms with Gasteiger partial charge in [0.05, 0.1) is 5.75 Å². The molecule has 0 spiro atoms. The van der Waals surface area contributed by atoms with Crippen molar-refractivity contribution in [3.63, 3.8) is 0 Å². The number of nitrogens with one attached hydrogen (secondary N) is 1. The lowest BCUT2D eigenvalue weighted by atomic mass is 10.1. The zero-order valence-corrected chi connectivity index (χ0v) is 18.3. The molecule has 2 fully saturated rings. The number of thioether (sulfide) groups is 1. The highest BCUT2D eigenvalue weighted by atomic mass is 32.2. The second-order valence-corrected chi connectivity index (χ2v) is 8.96. The molecule has 4 rings (SSSR count). The number of carbonyl (C=O) groups excluding carboxylic acids is 2. The molecule has 1 aliphatic carbocycles. The number of rotatable bonds is 9. The van der Waals surface area contributed by atoms with Gasteiger partial charge in [-0.25, -0.2) is 0 Å². The van der Waals surface area contributed by atoms with E-state index in [9.17, 15) is 9.59 Å². The minimum Gasteiger partial charge on any atom is -0.341 e. The van der Waals surface area contributed by atoms with Crippen molar-refractivity contribution < 1.29 is 9.59 Å². The summed E-state index contributed by atoms with van der Waals surface area (Å²) in [5, 5.41) is 12.6. The Kier molecular flexibility index (Phi) is 6.72. The summed E-state index contributed by atoms with van der Waals surface area (Å²) < 4.78 is 2.25. The molecule has 1 aliphatic heterocycles. The van der Waals surface area contributed by atoms with Crippen molar-refractivity contribution in [3.8, 4) is 0 Å². The largest absolute Gasteiger partial charge is 0.341 e. The number of hydrogen-bond acceptors (Lipinski definition) is 6. The molecule has 160 valence electrons. The van der Waals surface area contributed by atoms with E-state index in [1.165, 1.54) is 31.0 Å². The number of hydrogen-bond donors (Lipinski definition) is 1. The Balaban J connectivity index is 1.38. The highest BCUT2D eigenvalue weighted by Crippen LogP contribution is 2.41. The zero-order chi connectivity index (χ0) is 20.9. The Morgan fingerprint density at radius 1 is 1.10 bits per heavy atom. The van der Waals surface area contributed by atoms with Gasteiger partial charge >= 0.3 is 0 Å². The SMILES string of the molecule is CCCC(=O)Nc1ccc(C(=O)CSc2nnc(N3CCCCC3)n2C2CC2)cc1. The lowest BCUT2D eigenvalue weighted by Crippen LogP contribution is -2.31. The van der Waals surface area contributed by atoms with Crippen LogP contribution in [0.5, 0.6) is 0 Å². The van der Waals surface area contributed by atoms with E-state index in [1.807, 2.05) is 6.92 Å². The molecular formula is C22H29N5O2S. The number of aromatic nitrogens is 3. The number of carbonyl (C=O) groups is 2. The normalized spacial score (nSPS) is 16.5. The third-order valence-electron chi connectivity index (χ3n) is 5.50. The summed E-state index contributed by atoms with van der Waals surface area (Å²) in [6, 6.07) is 7.59. The van der Waals surface area contributed by atoms with Gasteiger partial charge in [0.25, 0.3) is 0 Å². The fourth-order valence-corrected chi connectivity index (χ4v) is 4.63. The first-order valence-corrected chi connectivity index (χ1v) is 11.9. The van der Waals surface area contributed by atoms with Crippen LogP contribution in [0.15, 0.2) is 29.4 Å². The molecule has 8 heteroatoms. The fraction of sp³-hybridized carbons (Fsp3) is 0.545. The molecule has 1 saturated carbocycles. The maximum absolute atomic E-state index is 12.7. The minimum atomic E-state index is -0.00365. The monoisotopic (exact) mass is 427 g/mol. The Labute approximate surface area is 181 Å². The van der Waals surface area contributed by atoms with Gasteiger partial charge in [0.2, 0.25) is 11.9 Å². The predicted molar refractivity (Wildman–Crippen MR) is 119 cm³/mol. The van der Waals surface area contributed by atoms with Crippen molar-refractivity contribution in [2.75, 3.05) is 29.1 Å². The molecule has 30 heavy (non-hydrogen) atoms. The van der Waals surface area contributed by atoms with E-state index in [0.29, 0.717) is 23.8 Å². The smallest absolute Gasteiger partial charge is 0.228 e. The van der Waals surface area contributed by atoms with Crippen molar-refractivity contribution >= 4 is 35.1 Å². The number of anilines is 2. The molecule has 0 radical (unpaired) electrons. The van der Waals surface area contributed by atoms with E-state index in [1.54, 1.807) is 24.3 Å². The van der Waals surface area contributed by atoms with E-state index in [2.05, 4.69) is 25.0 Å². The van der Waals surface area contributed by atoms with Gasteiger partial charge in [-0.05, 0) is 62.8 Å². The van der Waals surface area contributed by atoms with Crippen molar-refractivity contribution in [2.24, 2.45) is 0 Å².